The predicted octanol–water partition coefficient (Wildman–Crippen LogP) is 3.31. The van der Waals surface area contributed by atoms with Crippen LogP contribution in [0.25, 0.3) is 12.2 Å². The Morgan fingerprint density at radius 1 is 1.17 bits per heavy atom. The van der Waals surface area contributed by atoms with E-state index in [1.807, 2.05) is 36.4 Å². The molecule has 15 heteroatoms. The van der Waals surface area contributed by atoms with Crippen molar-refractivity contribution in [1.82, 2.24) is 25.4 Å². The number of carbonyl (C=O) groups excluding carboxylic acids is 3. The molecule has 10 nitrogen and oxygen atoms in total. The average Bonchev–Trinajstić information content (AvgIpc) is 3.38. The number of rotatable bonds is 11. The van der Waals surface area contributed by atoms with Crippen molar-refractivity contribution in [3.05, 3.63) is 59.4 Å². The van der Waals surface area contributed by atoms with Gasteiger partial charge < -0.3 is 25.2 Å². The number of benzene rings is 1. The zero-order valence-corrected chi connectivity index (χ0v) is 25.4. The molecule has 0 radical (unpaired) electrons. The summed E-state index contributed by atoms with van der Waals surface area (Å²) in [5.41, 5.74) is 2.51. The zero-order valence-electron chi connectivity index (χ0n) is 25.4. The van der Waals surface area contributed by atoms with Crippen LogP contribution in [-0.4, -0.2) is 111 Å². The summed E-state index contributed by atoms with van der Waals surface area (Å²) in [5, 5.41) is 14.5. The Morgan fingerprint density at radius 3 is 2.43 bits per heavy atom. The number of aromatic nitrogens is 1. The first-order chi connectivity index (χ1) is 21.6. The lowest BCUT2D eigenvalue weighted by Gasteiger charge is -2.26. The van der Waals surface area contributed by atoms with Gasteiger partial charge >= 0.3 is 0 Å². The van der Waals surface area contributed by atoms with Gasteiger partial charge in [-0.2, -0.15) is 5.26 Å². The minimum absolute atomic E-state index is 0. The van der Waals surface area contributed by atoms with E-state index in [0.717, 1.165) is 73.8 Å². The van der Waals surface area contributed by atoms with E-state index >= 15 is 0 Å². The van der Waals surface area contributed by atoms with Crippen molar-refractivity contribution < 1.29 is 41.4 Å². The number of aldehydes is 2. The molecule has 1 atom stereocenters. The number of nitrogens with zero attached hydrogens (tertiary/aromatic N) is 4. The molecule has 2 N–H and O–H groups in total. The summed E-state index contributed by atoms with van der Waals surface area (Å²) in [7, 11) is 1.55. The van der Waals surface area contributed by atoms with Gasteiger partial charge in [0.25, 0.3) is 12.3 Å². The van der Waals surface area contributed by atoms with E-state index in [1.54, 1.807) is 31.6 Å². The van der Waals surface area contributed by atoms with Crippen molar-refractivity contribution in [3.8, 4) is 11.8 Å². The second-order valence-electron chi connectivity index (χ2n) is 10.0. The van der Waals surface area contributed by atoms with Crippen LogP contribution in [0.15, 0.2) is 42.7 Å². The molecule has 3 heterocycles. The van der Waals surface area contributed by atoms with E-state index in [-0.39, 0.29) is 11.2 Å². The van der Waals surface area contributed by atoms with E-state index < -0.39 is 43.5 Å². The quantitative estimate of drug-likeness (QED) is 0.213. The minimum Gasteiger partial charge on any atom is -0.494 e. The Balaban J connectivity index is 0.000000445. The van der Waals surface area contributed by atoms with Crippen molar-refractivity contribution in [3.63, 3.8) is 0 Å². The number of ether oxygens (including phenoxy) is 1. The Labute approximate surface area is 264 Å². The second kappa shape index (κ2) is 21.5. The number of hydrogen-bond acceptors (Lipinski definition) is 9. The van der Waals surface area contributed by atoms with Gasteiger partial charge in [0.2, 0.25) is 5.91 Å². The topological polar surface area (TPSA) is 128 Å². The van der Waals surface area contributed by atoms with Crippen molar-refractivity contribution in [2.75, 3.05) is 59.5 Å². The number of likely N-dealkylation sites (N-methyl/N-ethyl adjacent to an activating group) is 1. The fourth-order valence-electron chi connectivity index (χ4n) is 4.39. The SMILES string of the molecule is CNCC(=O)N1CC(F)(F)CC1C#N.F.O=CC(F)F.O=Cc1ccncc1/C=C/c1ccc(OCCCN2CCNCC2)cc1. The van der Waals surface area contributed by atoms with Gasteiger partial charge in [0, 0.05) is 62.7 Å². The number of carbonyl (C=O) groups is 3. The van der Waals surface area contributed by atoms with E-state index in [9.17, 15) is 27.2 Å². The normalized spacial score (nSPS) is 17.1. The number of likely N-dealkylation sites (tertiary alicyclic amines) is 1. The highest BCUT2D eigenvalue weighted by atomic mass is 19.3. The van der Waals surface area contributed by atoms with Crippen LogP contribution in [0.2, 0.25) is 0 Å². The van der Waals surface area contributed by atoms with Crippen molar-refractivity contribution in [1.29, 1.82) is 5.26 Å². The molecular weight excluding hydrogens is 615 g/mol. The van der Waals surface area contributed by atoms with Crippen LogP contribution in [0.1, 0.15) is 34.3 Å². The van der Waals surface area contributed by atoms with Gasteiger partial charge in [-0.05, 0) is 37.2 Å². The minimum atomic E-state index is -2.93. The number of hydrogen-bond donors (Lipinski definition) is 2. The van der Waals surface area contributed by atoms with E-state index in [0.29, 0.717) is 5.56 Å². The summed E-state index contributed by atoms with van der Waals surface area (Å²) in [6.07, 6.45) is 5.30. The molecule has 0 saturated carbocycles. The highest BCUT2D eigenvalue weighted by Crippen LogP contribution is 2.31. The maximum atomic E-state index is 12.9. The lowest BCUT2D eigenvalue weighted by Crippen LogP contribution is -2.43. The van der Waals surface area contributed by atoms with Crippen LogP contribution in [0.3, 0.4) is 0 Å². The summed E-state index contributed by atoms with van der Waals surface area (Å²) >= 11 is 0. The predicted molar refractivity (Wildman–Crippen MR) is 164 cm³/mol. The summed E-state index contributed by atoms with van der Waals surface area (Å²) in [6, 6.07) is 10.4. The van der Waals surface area contributed by atoms with Crippen LogP contribution in [0, 0.1) is 11.3 Å². The van der Waals surface area contributed by atoms with Crippen LogP contribution < -0.4 is 15.4 Å². The number of amides is 1. The molecule has 0 aliphatic carbocycles. The molecule has 46 heavy (non-hydrogen) atoms. The summed E-state index contributed by atoms with van der Waals surface area (Å²) < 4.78 is 52.4. The van der Waals surface area contributed by atoms with Crippen LogP contribution in [0.4, 0.5) is 22.3 Å². The summed E-state index contributed by atoms with van der Waals surface area (Å²) in [6.45, 7) is 5.59. The van der Waals surface area contributed by atoms with Gasteiger partial charge in [-0.25, -0.2) is 17.6 Å². The van der Waals surface area contributed by atoms with Crippen LogP contribution >= 0.6 is 0 Å². The fraction of sp³-hybridized carbons (Fsp3) is 0.452. The number of pyridine rings is 1. The number of piperazine rings is 1. The Morgan fingerprint density at radius 2 is 1.85 bits per heavy atom. The Hall–Kier alpha value is -4.26. The smallest absolute Gasteiger partial charge is 0.293 e. The molecule has 252 valence electrons. The van der Waals surface area contributed by atoms with Gasteiger partial charge in [0.05, 0.1) is 25.8 Å². The molecule has 1 aromatic carbocycles. The lowest BCUT2D eigenvalue weighted by atomic mass is 10.1. The first-order valence-electron chi connectivity index (χ1n) is 14.3. The van der Waals surface area contributed by atoms with Crippen LogP contribution in [-0.2, 0) is 9.59 Å². The number of halogens is 5. The Bertz CT molecular complexity index is 1270. The molecule has 1 unspecified atom stereocenters. The third-order valence-corrected chi connectivity index (χ3v) is 6.62. The van der Waals surface area contributed by atoms with Gasteiger partial charge in [-0.15, -0.1) is 0 Å². The highest BCUT2D eigenvalue weighted by molar-refractivity contribution is 5.84. The standard InChI is InChI=1S/C21H25N3O2.C8H11F2N3O.C2H2F2O.FH/c25-17-20-8-9-23-16-19(20)5-2-18-3-6-21(7-4-18)26-15-1-12-24-13-10-22-11-14-24;1-12-4-7(14)13-5-8(9,10)2-6(13)3-11;3-2(4)1-5;/h2-9,16-17,22H,1,10-15H2;6,12H,2,4-5H2,1H3;1-2H;1H/b5-2+;;;. The molecular formula is C31H39F5N6O4. The third kappa shape index (κ3) is 14.7. The molecule has 2 aliphatic heterocycles. The Kier molecular flexibility index (Phi) is 18.6. The summed E-state index contributed by atoms with van der Waals surface area (Å²) in [4.78, 5) is 38.5. The maximum Gasteiger partial charge on any atom is 0.293 e. The first kappa shape index (κ1) is 39.8. The van der Waals surface area contributed by atoms with E-state index in [2.05, 4.69) is 20.5 Å². The molecule has 0 bridgehead atoms. The zero-order chi connectivity index (χ0) is 33.1. The van der Waals surface area contributed by atoms with Gasteiger partial charge in [-0.1, -0.05) is 24.3 Å². The second-order valence-corrected chi connectivity index (χ2v) is 10.0. The molecule has 1 amide bonds. The molecule has 2 saturated heterocycles. The number of alkyl halides is 4. The molecule has 1 aromatic heterocycles. The van der Waals surface area contributed by atoms with Gasteiger partial charge in [0.1, 0.15) is 11.8 Å². The molecule has 4 rings (SSSR count). The van der Waals surface area contributed by atoms with Crippen LogP contribution in [0.5, 0.6) is 5.75 Å². The molecule has 2 fully saturated rings. The van der Waals surface area contributed by atoms with Crippen molar-refractivity contribution >= 4 is 30.6 Å². The highest BCUT2D eigenvalue weighted by Gasteiger charge is 2.46. The van der Waals surface area contributed by atoms with Gasteiger partial charge in [-0.3, -0.25) is 24.1 Å². The molecule has 0 spiro atoms. The maximum absolute atomic E-state index is 12.9. The third-order valence-electron chi connectivity index (χ3n) is 6.62. The van der Waals surface area contributed by atoms with E-state index in [4.69, 9.17) is 14.8 Å². The fourth-order valence-corrected chi connectivity index (χ4v) is 4.39. The molecule has 2 aliphatic rings. The monoisotopic (exact) mass is 654 g/mol. The van der Waals surface area contributed by atoms with Gasteiger partial charge in [0.15, 0.2) is 12.6 Å². The molecule has 2 aromatic rings. The van der Waals surface area contributed by atoms with Crippen molar-refractivity contribution in [2.45, 2.75) is 31.2 Å². The first-order valence-corrected chi connectivity index (χ1v) is 14.3. The van der Waals surface area contributed by atoms with E-state index in [1.165, 1.54) is 0 Å². The average molecular weight is 655 g/mol. The lowest BCUT2D eigenvalue weighted by molar-refractivity contribution is -0.131. The van der Waals surface area contributed by atoms with Crippen molar-refractivity contribution in [2.24, 2.45) is 0 Å². The summed E-state index contributed by atoms with van der Waals surface area (Å²) in [5.74, 6) is -2.50. The largest absolute Gasteiger partial charge is 0.494 e. The number of nitriles is 1. The number of nitrogens with one attached hydrogen (secondary N) is 2.